The summed E-state index contributed by atoms with van der Waals surface area (Å²) in [4.78, 5) is 26.6. The molecule has 2 rings (SSSR count). The summed E-state index contributed by atoms with van der Waals surface area (Å²) in [7, 11) is 0. The number of nitro benzene ring substituents is 1. The van der Waals surface area contributed by atoms with E-state index in [1.54, 1.807) is 17.0 Å². The predicted molar refractivity (Wildman–Crippen MR) is 92.7 cm³/mol. The maximum Gasteiger partial charge on any atom is 0.410 e. The lowest BCUT2D eigenvalue weighted by atomic mass is 10.2. The van der Waals surface area contributed by atoms with Crippen molar-refractivity contribution >= 4 is 29.1 Å². The van der Waals surface area contributed by atoms with Crippen LogP contribution in [0.15, 0.2) is 18.2 Å². The number of nitrogens with zero attached hydrogens (tertiary/aromatic N) is 3. The van der Waals surface area contributed by atoms with Gasteiger partial charge in [0.2, 0.25) is 0 Å². The van der Waals surface area contributed by atoms with Crippen LogP contribution < -0.4 is 4.90 Å². The third-order valence-electron chi connectivity index (χ3n) is 3.64. The first-order valence-corrected chi connectivity index (χ1v) is 8.22. The number of amides is 1. The van der Waals surface area contributed by atoms with Crippen molar-refractivity contribution in [2.75, 3.05) is 31.1 Å². The lowest BCUT2D eigenvalue weighted by Crippen LogP contribution is -2.39. The number of carbonyl (C=O) groups excluding carboxylic acids is 1. The van der Waals surface area contributed by atoms with Crippen LogP contribution in [0.2, 0.25) is 5.02 Å². The van der Waals surface area contributed by atoms with Gasteiger partial charge in [0, 0.05) is 26.2 Å². The Morgan fingerprint density at radius 3 is 2.58 bits per heavy atom. The van der Waals surface area contributed by atoms with E-state index in [-0.39, 0.29) is 16.8 Å². The summed E-state index contributed by atoms with van der Waals surface area (Å²) >= 11 is 5.98. The Labute approximate surface area is 146 Å². The number of carbonyl (C=O) groups is 1. The number of hydrogen-bond acceptors (Lipinski definition) is 5. The van der Waals surface area contributed by atoms with Gasteiger partial charge in [-0.25, -0.2) is 4.79 Å². The summed E-state index contributed by atoms with van der Waals surface area (Å²) in [6.07, 6.45) is 0.341. The van der Waals surface area contributed by atoms with E-state index in [1.807, 2.05) is 25.7 Å². The standard InChI is InChI=1S/C16H22ClN3O4/c1-16(2,3)24-15(21)19-9-5-8-18(10-11-19)13-7-4-6-12(17)14(13)20(22)23/h4,6-7H,5,8-11H2,1-3H3. The second kappa shape index (κ2) is 7.25. The van der Waals surface area contributed by atoms with Gasteiger partial charge in [-0.05, 0) is 39.3 Å². The van der Waals surface area contributed by atoms with E-state index >= 15 is 0 Å². The van der Waals surface area contributed by atoms with Crippen molar-refractivity contribution < 1.29 is 14.5 Å². The second-order valence-corrected chi connectivity index (χ2v) is 7.08. The Balaban J connectivity index is 2.13. The van der Waals surface area contributed by atoms with Crippen LogP contribution in [0.1, 0.15) is 27.2 Å². The molecule has 1 saturated heterocycles. The molecule has 1 heterocycles. The fraction of sp³-hybridized carbons (Fsp3) is 0.562. The van der Waals surface area contributed by atoms with Crippen molar-refractivity contribution in [3.63, 3.8) is 0 Å². The monoisotopic (exact) mass is 355 g/mol. The summed E-state index contributed by atoms with van der Waals surface area (Å²) in [5.41, 5.74) is -0.155. The highest BCUT2D eigenvalue weighted by atomic mass is 35.5. The molecule has 7 nitrogen and oxygen atoms in total. The number of ether oxygens (including phenoxy) is 1. The van der Waals surface area contributed by atoms with Crippen LogP contribution in [-0.4, -0.2) is 47.7 Å². The molecular weight excluding hydrogens is 334 g/mol. The van der Waals surface area contributed by atoms with E-state index in [0.29, 0.717) is 38.3 Å². The Morgan fingerprint density at radius 1 is 1.25 bits per heavy atom. The first-order chi connectivity index (χ1) is 11.2. The van der Waals surface area contributed by atoms with Crippen molar-refractivity contribution in [1.29, 1.82) is 0 Å². The van der Waals surface area contributed by atoms with Crippen LogP contribution in [0.5, 0.6) is 0 Å². The van der Waals surface area contributed by atoms with Gasteiger partial charge in [-0.1, -0.05) is 17.7 Å². The normalized spacial score (nSPS) is 15.8. The third-order valence-corrected chi connectivity index (χ3v) is 3.94. The predicted octanol–water partition coefficient (Wildman–Crippen LogP) is 3.70. The molecule has 8 heteroatoms. The van der Waals surface area contributed by atoms with Gasteiger partial charge in [0.1, 0.15) is 16.3 Å². The SMILES string of the molecule is CC(C)(C)OC(=O)N1CCCN(c2cccc(Cl)c2[N+](=O)[O-])CC1. The highest BCUT2D eigenvalue weighted by Crippen LogP contribution is 2.35. The van der Waals surface area contributed by atoms with E-state index in [0.717, 1.165) is 0 Å². The molecule has 1 amide bonds. The molecule has 0 atom stereocenters. The maximum atomic E-state index is 12.2. The molecule has 0 radical (unpaired) electrons. The van der Waals surface area contributed by atoms with Crippen molar-refractivity contribution in [3.8, 4) is 0 Å². The maximum absolute atomic E-state index is 12.2. The van der Waals surface area contributed by atoms with E-state index in [1.165, 1.54) is 6.07 Å². The summed E-state index contributed by atoms with van der Waals surface area (Å²) in [5, 5.41) is 11.4. The molecule has 0 unspecified atom stereocenters. The average molecular weight is 356 g/mol. The van der Waals surface area contributed by atoms with Gasteiger partial charge in [-0.3, -0.25) is 10.1 Å². The smallest absolute Gasteiger partial charge is 0.410 e. The van der Waals surface area contributed by atoms with Gasteiger partial charge in [0.05, 0.1) is 4.92 Å². The molecule has 0 spiro atoms. The first kappa shape index (κ1) is 18.3. The number of nitro groups is 1. The van der Waals surface area contributed by atoms with Crippen LogP contribution in [0.4, 0.5) is 16.2 Å². The molecule has 0 saturated carbocycles. The number of para-hydroxylation sites is 1. The van der Waals surface area contributed by atoms with E-state index < -0.39 is 10.5 Å². The Morgan fingerprint density at radius 2 is 1.96 bits per heavy atom. The molecule has 1 aliphatic heterocycles. The van der Waals surface area contributed by atoms with Crippen molar-refractivity contribution in [3.05, 3.63) is 33.3 Å². The zero-order valence-corrected chi connectivity index (χ0v) is 14.9. The van der Waals surface area contributed by atoms with E-state index in [2.05, 4.69) is 0 Å². The quantitative estimate of drug-likeness (QED) is 0.597. The minimum absolute atomic E-state index is 0.0927. The van der Waals surface area contributed by atoms with E-state index in [9.17, 15) is 14.9 Å². The van der Waals surface area contributed by atoms with Crippen LogP contribution in [0.25, 0.3) is 0 Å². The lowest BCUT2D eigenvalue weighted by Gasteiger charge is -2.26. The Kier molecular flexibility index (Phi) is 5.54. The number of anilines is 1. The molecule has 132 valence electrons. The average Bonchev–Trinajstić information content (AvgIpc) is 2.70. The number of hydrogen-bond donors (Lipinski definition) is 0. The topological polar surface area (TPSA) is 75.9 Å². The summed E-state index contributed by atoms with van der Waals surface area (Å²) in [6.45, 7) is 7.57. The molecule has 24 heavy (non-hydrogen) atoms. The zero-order chi connectivity index (χ0) is 17.9. The van der Waals surface area contributed by atoms with Crippen LogP contribution in [0.3, 0.4) is 0 Å². The molecular formula is C16H22ClN3O4. The second-order valence-electron chi connectivity index (χ2n) is 6.67. The highest BCUT2D eigenvalue weighted by Gasteiger charge is 2.28. The molecule has 1 fully saturated rings. The third kappa shape index (κ3) is 4.50. The van der Waals surface area contributed by atoms with Crippen molar-refractivity contribution in [2.24, 2.45) is 0 Å². The largest absolute Gasteiger partial charge is 0.444 e. The fourth-order valence-corrected chi connectivity index (χ4v) is 2.85. The van der Waals surface area contributed by atoms with Crippen molar-refractivity contribution in [1.82, 2.24) is 4.90 Å². The van der Waals surface area contributed by atoms with Gasteiger partial charge in [0.25, 0.3) is 0 Å². The van der Waals surface area contributed by atoms with Gasteiger partial charge in [-0.2, -0.15) is 0 Å². The minimum Gasteiger partial charge on any atom is -0.444 e. The number of rotatable bonds is 2. The fourth-order valence-electron chi connectivity index (χ4n) is 2.61. The molecule has 1 aromatic rings. The molecule has 0 aromatic heterocycles. The van der Waals surface area contributed by atoms with Gasteiger partial charge in [0.15, 0.2) is 0 Å². The summed E-state index contributed by atoms with van der Waals surface area (Å²) in [6, 6.07) is 4.89. The number of halogens is 1. The molecule has 1 aromatic carbocycles. The van der Waals surface area contributed by atoms with Crippen LogP contribution >= 0.6 is 11.6 Å². The van der Waals surface area contributed by atoms with Crippen LogP contribution in [-0.2, 0) is 4.74 Å². The molecule has 0 N–H and O–H groups in total. The van der Waals surface area contributed by atoms with Gasteiger partial charge in [-0.15, -0.1) is 0 Å². The number of benzene rings is 1. The minimum atomic E-state index is -0.547. The zero-order valence-electron chi connectivity index (χ0n) is 14.1. The lowest BCUT2D eigenvalue weighted by molar-refractivity contribution is -0.384. The van der Waals surface area contributed by atoms with E-state index in [4.69, 9.17) is 16.3 Å². The van der Waals surface area contributed by atoms with Gasteiger partial charge >= 0.3 is 11.8 Å². The Bertz CT molecular complexity index is 630. The molecule has 0 aliphatic carbocycles. The van der Waals surface area contributed by atoms with Crippen molar-refractivity contribution in [2.45, 2.75) is 32.8 Å². The Hall–Kier alpha value is -2.02. The van der Waals surface area contributed by atoms with Gasteiger partial charge < -0.3 is 14.5 Å². The molecule has 0 bridgehead atoms. The summed E-state index contributed by atoms with van der Waals surface area (Å²) in [5.74, 6) is 0. The highest BCUT2D eigenvalue weighted by molar-refractivity contribution is 6.33. The molecule has 1 aliphatic rings. The first-order valence-electron chi connectivity index (χ1n) is 7.85. The van der Waals surface area contributed by atoms with Crippen LogP contribution in [0, 0.1) is 10.1 Å². The summed E-state index contributed by atoms with van der Waals surface area (Å²) < 4.78 is 5.39.